The molecule has 1 unspecified atom stereocenters. The maximum absolute atomic E-state index is 14.3. The molecule has 35 heavy (non-hydrogen) atoms. The van der Waals surface area contributed by atoms with Gasteiger partial charge in [0.05, 0.1) is 35.0 Å². The van der Waals surface area contributed by atoms with E-state index in [1.807, 2.05) is 30.3 Å². The van der Waals surface area contributed by atoms with Gasteiger partial charge >= 0.3 is 0 Å². The number of rotatable bonds is 8. The van der Waals surface area contributed by atoms with Gasteiger partial charge in [-0.1, -0.05) is 6.07 Å². The van der Waals surface area contributed by atoms with E-state index in [1.54, 1.807) is 6.20 Å². The Bertz CT molecular complexity index is 1220. The smallest absolute Gasteiger partial charge is 0.267 e. The Morgan fingerprint density at radius 1 is 1.26 bits per heavy atom. The largest absolute Gasteiger partial charge is 0.387 e. The maximum Gasteiger partial charge on any atom is 0.267 e. The summed E-state index contributed by atoms with van der Waals surface area (Å²) in [5.74, 6) is -3.26. The Balaban J connectivity index is 1.59. The number of aliphatic hydroxyl groups is 1. The Morgan fingerprint density at radius 3 is 2.77 bits per heavy atom. The molecule has 2 heterocycles. The van der Waals surface area contributed by atoms with Gasteiger partial charge in [0.25, 0.3) is 11.8 Å². The fraction of sp³-hybridized carbons (Fsp3) is 0.400. The zero-order valence-corrected chi connectivity index (χ0v) is 19.5. The van der Waals surface area contributed by atoms with Gasteiger partial charge < -0.3 is 21.1 Å². The van der Waals surface area contributed by atoms with E-state index in [0.717, 1.165) is 10.9 Å². The lowest BCUT2D eigenvalue weighted by atomic mass is 10.0. The average molecular weight is 488 g/mol. The van der Waals surface area contributed by atoms with E-state index in [2.05, 4.69) is 25.9 Å². The van der Waals surface area contributed by atoms with Crippen LogP contribution in [0.4, 0.5) is 30.4 Å². The molecule has 0 bridgehead atoms. The Labute approximate surface area is 201 Å². The molecule has 1 saturated carbocycles. The summed E-state index contributed by atoms with van der Waals surface area (Å²) in [5.41, 5.74) is 0.0530. The summed E-state index contributed by atoms with van der Waals surface area (Å²) in [7, 11) is 0. The molecule has 0 radical (unpaired) electrons. The molecule has 1 amide bonds. The number of aromatic nitrogens is 2. The zero-order valence-electron chi connectivity index (χ0n) is 19.5. The summed E-state index contributed by atoms with van der Waals surface area (Å²) in [6.07, 6.45) is 1.63. The average Bonchev–Trinajstić information content (AvgIpc) is 3.14. The second-order valence-corrected chi connectivity index (χ2v) is 9.33. The fourth-order valence-corrected chi connectivity index (χ4v) is 3.95. The predicted octanol–water partition coefficient (Wildman–Crippen LogP) is 4.81. The molecule has 10 heteroatoms. The topological polar surface area (TPSA) is 99.2 Å². The standard InChI is InChI=1S/C25H28F3N5O2/c1-24(2,35)20(26)14-31-23(34)17-13-30-22(12-19(17)33-21-6-3-9-25(21,27)28)32-16-7-8-18-15(11-16)5-4-10-29-18/h4-5,7-8,10-13,20-21,35H,3,6,9,14H2,1-2H3,(H,31,34)(H2,30,32,33)/t20-,21?/m1/s1. The number of halogens is 3. The van der Waals surface area contributed by atoms with Crippen molar-refractivity contribution in [2.24, 2.45) is 0 Å². The molecule has 1 aliphatic carbocycles. The summed E-state index contributed by atoms with van der Waals surface area (Å²) < 4.78 is 42.8. The van der Waals surface area contributed by atoms with Crippen LogP contribution in [0.25, 0.3) is 10.9 Å². The first kappa shape index (κ1) is 24.7. The number of nitrogens with one attached hydrogen (secondary N) is 3. The summed E-state index contributed by atoms with van der Waals surface area (Å²) >= 11 is 0. The van der Waals surface area contributed by atoms with E-state index >= 15 is 0 Å². The fourth-order valence-electron chi connectivity index (χ4n) is 3.95. The number of nitrogens with zero attached hydrogens (tertiary/aromatic N) is 2. The minimum absolute atomic E-state index is 0.00362. The number of pyridine rings is 2. The maximum atomic E-state index is 14.3. The van der Waals surface area contributed by atoms with Crippen LogP contribution >= 0.6 is 0 Å². The summed E-state index contributed by atoms with van der Waals surface area (Å²) in [6.45, 7) is 2.15. The number of amides is 1. The molecule has 3 aromatic rings. The molecule has 0 saturated heterocycles. The van der Waals surface area contributed by atoms with Gasteiger partial charge in [-0.15, -0.1) is 0 Å². The number of carbonyl (C=O) groups is 1. The number of anilines is 3. The lowest BCUT2D eigenvalue weighted by Gasteiger charge is -2.24. The molecular formula is C25H28F3N5O2. The van der Waals surface area contributed by atoms with Crippen LogP contribution in [0.15, 0.2) is 48.8 Å². The van der Waals surface area contributed by atoms with Crippen LogP contribution in [-0.2, 0) is 0 Å². The molecule has 1 aromatic carbocycles. The highest BCUT2D eigenvalue weighted by Crippen LogP contribution is 2.38. The van der Waals surface area contributed by atoms with E-state index in [9.17, 15) is 23.1 Å². The van der Waals surface area contributed by atoms with Crippen LogP contribution in [0.2, 0.25) is 0 Å². The van der Waals surface area contributed by atoms with Crippen LogP contribution in [-0.4, -0.2) is 51.3 Å². The van der Waals surface area contributed by atoms with Gasteiger partial charge in [0.1, 0.15) is 12.0 Å². The van der Waals surface area contributed by atoms with Crippen molar-refractivity contribution in [2.45, 2.75) is 56.8 Å². The first-order valence-electron chi connectivity index (χ1n) is 11.4. The monoisotopic (exact) mass is 487 g/mol. The second-order valence-electron chi connectivity index (χ2n) is 9.33. The minimum atomic E-state index is -2.92. The summed E-state index contributed by atoms with van der Waals surface area (Å²) in [6, 6.07) is 9.61. The second kappa shape index (κ2) is 9.69. The Hall–Kier alpha value is -3.40. The number of fused-ring (bicyclic) bond motifs is 1. The molecule has 4 N–H and O–H groups in total. The van der Waals surface area contributed by atoms with Gasteiger partial charge in [0.2, 0.25) is 0 Å². The third kappa shape index (κ3) is 5.82. The molecule has 1 fully saturated rings. The first-order valence-corrected chi connectivity index (χ1v) is 11.4. The van der Waals surface area contributed by atoms with Crippen LogP contribution in [0.1, 0.15) is 43.5 Å². The van der Waals surface area contributed by atoms with Gasteiger partial charge in [0.15, 0.2) is 0 Å². The number of hydrogen-bond acceptors (Lipinski definition) is 6. The number of alkyl halides is 3. The van der Waals surface area contributed by atoms with E-state index in [4.69, 9.17) is 0 Å². The van der Waals surface area contributed by atoms with Crippen LogP contribution in [0.5, 0.6) is 0 Å². The summed E-state index contributed by atoms with van der Waals surface area (Å²) in [5, 5.41) is 19.0. The molecular weight excluding hydrogens is 459 g/mol. The van der Waals surface area contributed by atoms with Gasteiger partial charge in [0, 0.05) is 36.0 Å². The van der Waals surface area contributed by atoms with Gasteiger partial charge in [-0.25, -0.2) is 18.2 Å². The van der Waals surface area contributed by atoms with Crippen molar-refractivity contribution in [3.05, 3.63) is 54.4 Å². The van der Waals surface area contributed by atoms with E-state index in [0.29, 0.717) is 17.9 Å². The van der Waals surface area contributed by atoms with Crippen LogP contribution in [0.3, 0.4) is 0 Å². The highest BCUT2D eigenvalue weighted by atomic mass is 19.3. The van der Waals surface area contributed by atoms with Crippen molar-refractivity contribution in [1.82, 2.24) is 15.3 Å². The lowest BCUT2D eigenvalue weighted by Crippen LogP contribution is -2.42. The van der Waals surface area contributed by atoms with Crippen molar-refractivity contribution in [2.75, 3.05) is 17.2 Å². The van der Waals surface area contributed by atoms with Crippen LogP contribution in [0, 0.1) is 0 Å². The van der Waals surface area contributed by atoms with Gasteiger partial charge in [-0.3, -0.25) is 9.78 Å². The van der Waals surface area contributed by atoms with Crippen molar-refractivity contribution in [3.8, 4) is 0 Å². The highest BCUT2D eigenvalue weighted by molar-refractivity contribution is 6.00. The third-order valence-corrected chi connectivity index (χ3v) is 6.07. The third-order valence-electron chi connectivity index (χ3n) is 6.07. The summed E-state index contributed by atoms with van der Waals surface area (Å²) in [4.78, 5) is 21.3. The van der Waals surface area contributed by atoms with Crippen molar-refractivity contribution in [3.63, 3.8) is 0 Å². The Kier molecular flexibility index (Phi) is 6.84. The van der Waals surface area contributed by atoms with E-state index in [1.165, 1.54) is 26.1 Å². The zero-order chi connectivity index (χ0) is 25.2. The SMILES string of the molecule is CC(C)(O)[C@H](F)CNC(=O)c1cnc(Nc2ccc3ncccc3c2)cc1NC1CCCC1(F)F. The van der Waals surface area contributed by atoms with Gasteiger partial charge in [-0.05, 0) is 51.0 Å². The molecule has 2 atom stereocenters. The van der Waals surface area contributed by atoms with Crippen molar-refractivity contribution >= 4 is 34.0 Å². The molecule has 0 spiro atoms. The Morgan fingerprint density at radius 2 is 2.06 bits per heavy atom. The number of benzene rings is 1. The molecule has 4 rings (SSSR count). The number of hydrogen-bond donors (Lipinski definition) is 4. The predicted molar refractivity (Wildman–Crippen MR) is 129 cm³/mol. The van der Waals surface area contributed by atoms with E-state index in [-0.39, 0.29) is 24.1 Å². The molecule has 7 nitrogen and oxygen atoms in total. The quantitative estimate of drug-likeness (QED) is 0.364. The molecule has 2 aromatic heterocycles. The molecule has 186 valence electrons. The molecule has 1 aliphatic rings. The van der Waals surface area contributed by atoms with Gasteiger partial charge in [-0.2, -0.15) is 0 Å². The van der Waals surface area contributed by atoms with Crippen molar-refractivity contribution in [1.29, 1.82) is 0 Å². The highest BCUT2D eigenvalue weighted by Gasteiger charge is 2.44. The van der Waals surface area contributed by atoms with E-state index < -0.39 is 36.2 Å². The minimum Gasteiger partial charge on any atom is -0.387 e. The lowest BCUT2D eigenvalue weighted by molar-refractivity contribution is -0.00208. The number of carbonyl (C=O) groups excluding carboxylic acids is 1. The van der Waals surface area contributed by atoms with Crippen LogP contribution < -0.4 is 16.0 Å². The molecule has 0 aliphatic heterocycles. The van der Waals surface area contributed by atoms with Crippen molar-refractivity contribution < 1.29 is 23.1 Å². The normalized spacial score (nSPS) is 18.3. The first-order chi connectivity index (χ1) is 16.5.